The van der Waals surface area contributed by atoms with Gasteiger partial charge in [0.15, 0.2) is 23.1 Å². The summed E-state index contributed by atoms with van der Waals surface area (Å²) in [5.74, 6) is 0.540. The lowest BCUT2D eigenvalue weighted by Crippen LogP contribution is -2.43. The zero-order valence-corrected chi connectivity index (χ0v) is 81.4. The van der Waals surface area contributed by atoms with Crippen LogP contribution >= 0.6 is 80.1 Å². The molecule has 1 saturated heterocycles. The van der Waals surface area contributed by atoms with E-state index >= 15 is 0 Å². The van der Waals surface area contributed by atoms with E-state index in [1.165, 1.54) is 22.5 Å². The summed E-state index contributed by atoms with van der Waals surface area (Å²) in [6.07, 6.45) is 13.7. The fraction of sp³-hybridized carbons (Fsp3) is 0.423. The first-order valence-electron chi connectivity index (χ1n) is 45.6. The number of carbonyl (C=O) groups is 12. The number of hydrogen-bond acceptors (Lipinski definition) is 20. The Bertz CT molecular complexity index is 5850. The highest BCUT2D eigenvalue weighted by atomic mass is 35.5. The molecule has 132 heavy (non-hydrogen) atoms. The molecule has 5 fully saturated rings. The molecule has 21 nitrogen and oxygen atoms in total. The molecule has 5 atom stereocenters. The summed E-state index contributed by atoms with van der Waals surface area (Å²) < 4.78 is 5.41. The maximum atomic E-state index is 13.0. The lowest BCUT2D eigenvalue weighted by atomic mass is 9.89. The van der Waals surface area contributed by atoms with Gasteiger partial charge in [0.1, 0.15) is 17.3 Å². The van der Waals surface area contributed by atoms with Crippen LogP contribution < -0.4 is 15.5 Å². The minimum atomic E-state index is -0.347. The van der Waals surface area contributed by atoms with E-state index in [-0.39, 0.29) is 107 Å². The molecule has 2 N–H and O–H groups in total. The summed E-state index contributed by atoms with van der Waals surface area (Å²) in [4.78, 5) is 168. The number of allylic oxidation sites excluding steroid dienone is 4. The summed E-state index contributed by atoms with van der Waals surface area (Å²) in [7, 11) is 3.89. The van der Waals surface area contributed by atoms with Gasteiger partial charge in [-0.2, -0.15) is 0 Å². The highest BCUT2D eigenvalue weighted by molar-refractivity contribution is 7.12. The average molecular weight is 1920 g/mol. The molecular weight excluding hydrogens is 1800 g/mol. The number of nitrogens with one attached hydrogen (secondary N) is 2. The largest absolute Gasteiger partial charge is 0.379 e. The molecule has 4 aliphatic carbocycles. The van der Waals surface area contributed by atoms with E-state index in [9.17, 15) is 57.5 Å². The van der Waals surface area contributed by atoms with Gasteiger partial charge < -0.3 is 39.9 Å². The molecule has 0 spiro atoms. The second-order valence-electron chi connectivity index (χ2n) is 36.4. The van der Waals surface area contributed by atoms with E-state index in [1.807, 2.05) is 111 Å². The van der Waals surface area contributed by atoms with E-state index in [0.717, 1.165) is 173 Å². The van der Waals surface area contributed by atoms with Crippen LogP contribution in [0.2, 0.25) is 15.1 Å². The van der Waals surface area contributed by atoms with Crippen LogP contribution in [0.15, 0.2) is 150 Å². The summed E-state index contributed by atoms with van der Waals surface area (Å²) >= 11 is 24.8. The normalized spacial score (nSPS) is 19.2. The van der Waals surface area contributed by atoms with Crippen molar-refractivity contribution in [3.8, 4) is 0 Å². The van der Waals surface area contributed by atoms with Crippen LogP contribution in [0.1, 0.15) is 232 Å². The fourth-order valence-electron chi connectivity index (χ4n) is 18.6. The Balaban J connectivity index is 0.000000142. The van der Waals surface area contributed by atoms with Gasteiger partial charge in [-0.1, -0.05) is 139 Å². The molecule has 8 aromatic rings. The first kappa shape index (κ1) is 98.1. The molecule has 5 unspecified atom stereocenters. The van der Waals surface area contributed by atoms with Crippen molar-refractivity contribution in [1.29, 1.82) is 0 Å². The van der Waals surface area contributed by atoms with E-state index < -0.39 is 0 Å². The van der Waals surface area contributed by atoms with Crippen molar-refractivity contribution in [3.63, 3.8) is 0 Å². The number of carbonyl (C=O) groups excluding carboxylic acids is 12. The minimum Gasteiger partial charge on any atom is -0.379 e. The zero-order valence-electron chi connectivity index (χ0n) is 75.8. The predicted molar refractivity (Wildman–Crippen MR) is 524 cm³/mol. The van der Waals surface area contributed by atoms with Gasteiger partial charge >= 0.3 is 0 Å². The SMILES string of the molecule is C=C1CCC(N2Cc3c(csc3CCC(=O)C(C)Cc3ccc(C)c(Cl)c3)C2=O)C(=O)C1.C=C1CCC(N2Cc3c(csc3CCC(=O)CCc3ccc(CN4CCOCC4)cc3)C2=O)C(=O)C1.C=C1CCC(N2Cc3c(csc3CCC(=O)CCc3ccc(N(C)C)c(Cl)c3)C2=O)C(=O)C1.C=C1CCC(N2Cc3sc(CNC(=O)CNc4ccc(C)c(Cl)c4)cc3C2=O)C(=O)C1. The number of halogens is 3. The maximum Gasteiger partial charge on any atom is 0.256 e. The topological polar surface area (TPSA) is 258 Å². The Hall–Kier alpha value is -9.93. The molecule has 4 aromatic heterocycles. The monoisotopic (exact) mass is 1920 g/mol. The van der Waals surface area contributed by atoms with Gasteiger partial charge in [0.2, 0.25) is 5.91 Å². The van der Waals surface area contributed by atoms with E-state index in [0.29, 0.717) is 175 Å². The molecule has 9 aliphatic rings. The van der Waals surface area contributed by atoms with Crippen LogP contribution in [-0.2, 0) is 121 Å². The molecule has 694 valence electrons. The van der Waals surface area contributed by atoms with Gasteiger partial charge in [-0.15, -0.1) is 45.3 Å². The van der Waals surface area contributed by atoms with Crippen molar-refractivity contribution < 1.29 is 62.3 Å². The van der Waals surface area contributed by atoms with Gasteiger partial charge in [0.25, 0.3) is 23.6 Å². The van der Waals surface area contributed by atoms with Gasteiger partial charge in [0.05, 0.1) is 90.0 Å². The number of ketones is 7. The van der Waals surface area contributed by atoms with Crippen LogP contribution in [0.3, 0.4) is 0 Å². The van der Waals surface area contributed by atoms with E-state index in [2.05, 4.69) is 66.1 Å². The number of Topliss-reactive ketones (excluding diaryl/α,β-unsaturated/α-hetero) is 7. The molecule has 5 amide bonds. The number of benzene rings is 4. The molecule has 28 heteroatoms. The fourth-order valence-corrected chi connectivity index (χ4v) is 23.6. The van der Waals surface area contributed by atoms with Crippen LogP contribution in [0.25, 0.3) is 0 Å². The van der Waals surface area contributed by atoms with E-state index in [4.69, 9.17) is 39.5 Å². The van der Waals surface area contributed by atoms with Crippen LogP contribution in [-0.4, -0.2) is 166 Å². The molecular formula is C104H115Cl3N8O13S4. The summed E-state index contributed by atoms with van der Waals surface area (Å²) in [5.41, 5.74) is 18.0. The Morgan fingerprint density at radius 3 is 1.34 bits per heavy atom. The molecule has 0 radical (unpaired) electrons. The highest BCUT2D eigenvalue weighted by Gasteiger charge is 2.44. The third-order valence-electron chi connectivity index (χ3n) is 26.5. The highest BCUT2D eigenvalue weighted by Crippen LogP contribution is 2.42. The Morgan fingerprint density at radius 1 is 0.485 bits per heavy atom. The lowest BCUT2D eigenvalue weighted by molar-refractivity contribution is -0.124. The van der Waals surface area contributed by atoms with Gasteiger partial charge in [0, 0.05) is 173 Å². The number of nitrogens with zero attached hydrogens (tertiary/aromatic N) is 6. The molecule has 5 aliphatic heterocycles. The van der Waals surface area contributed by atoms with Crippen molar-refractivity contribution in [3.05, 3.63) is 261 Å². The number of aryl methyl sites for hydroxylation is 7. The second kappa shape index (κ2) is 44.5. The Morgan fingerprint density at radius 2 is 0.894 bits per heavy atom. The molecule has 17 rings (SSSR count). The average Bonchev–Trinajstić information content (AvgIpc) is 1.64. The number of thiophene rings is 4. The van der Waals surface area contributed by atoms with Gasteiger partial charge in [-0.25, -0.2) is 0 Å². The van der Waals surface area contributed by atoms with Crippen LogP contribution in [0.4, 0.5) is 11.4 Å². The first-order valence-corrected chi connectivity index (χ1v) is 50.2. The van der Waals surface area contributed by atoms with Crippen LogP contribution in [0, 0.1) is 19.8 Å². The molecule has 4 aromatic carbocycles. The smallest absolute Gasteiger partial charge is 0.256 e. The summed E-state index contributed by atoms with van der Waals surface area (Å²) in [6.45, 7) is 28.4. The second-order valence-corrected chi connectivity index (χ2v) is 41.8. The van der Waals surface area contributed by atoms with Crippen molar-refractivity contribution >= 4 is 162 Å². The first-order chi connectivity index (χ1) is 63.3. The predicted octanol–water partition coefficient (Wildman–Crippen LogP) is 19.4. The number of morpholine rings is 1. The summed E-state index contributed by atoms with van der Waals surface area (Å²) in [5, 5.41) is 13.7. The number of anilines is 2. The van der Waals surface area contributed by atoms with Crippen molar-refractivity contribution in [1.82, 2.24) is 29.8 Å². The van der Waals surface area contributed by atoms with E-state index in [1.54, 1.807) is 59.7 Å². The number of rotatable bonds is 30. The van der Waals surface area contributed by atoms with Crippen molar-refractivity contribution in [2.24, 2.45) is 5.92 Å². The number of amides is 5. The zero-order chi connectivity index (χ0) is 93.9. The quantitative estimate of drug-likeness (QED) is 0.0397. The molecule has 9 heterocycles. The minimum absolute atomic E-state index is 0.0400. The Kier molecular flexibility index (Phi) is 33.1. The van der Waals surface area contributed by atoms with Gasteiger partial charge in [-0.05, 0) is 190 Å². The van der Waals surface area contributed by atoms with Crippen LogP contribution in [0.5, 0.6) is 0 Å². The maximum absolute atomic E-state index is 13.0. The number of hydrogen-bond donors (Lipinski definition) is 2. The third-order valence-corrected chi connectivity index (χ3v) is 32.0. The van der Waals surface area contributed by atoms with Gasteiger partial charge in [-0.3, -0.25) is 62.4 Å². The number of fused-ring (bicyclic) bond motifs is 4. The lowest BCUT2D eigenvalue weighted by Gasteiger charge is -2.30. The third kappa shape index (κ3) is 24.2. The molecule has 0 bridgehead atoms. The Labute approximate surface area is 804 Å². The van der Waals surface area contributed by atoms with Crippen molar-refractivity contribution in [2.45, 2.75) is 232 Å². The molecule has 4 saturated carbocycles. The summed E-state index contributed by atoms with van der Waals surface area (Å²) in [6, 6.07) is 26.5. The standard InChI is InChI=1S/C29H34N2O4S.C26H29ClN2O3S.C26H28ClNO3S.C23H24ClN3O3S/c1-20-2-10-26(27(33)16-20)31-18-24-25(29(31)34)19-36-28(24)11-9-23(32)8-7-21-3-5-22(6-4-21)17-30-12-14-35-15-13-30;1-16-4-9-23(24(31)12-16)29-14-19-20(26(29)32)15-33-25(19)11-8-18(30)7-5-17-6-10-22(28(2)3)21(27)13-17;1-15-4-7-22(24(30)10-15)28-13-19-20(26(28)31)14-32-25(19)9-8-23(29)17(3)11-18-6-5-16(2)21(27)12-18;1-13-3-6-19(20(28)7-13)27-12-21-17(23(27)30)9-16(31-21)10-26-22(29)11-25-15-5-4-14(2)18(24)8-15/h3-6,19,26H,1-2,7-18H2;6,10,13,15,23H,1,4-5,7-9,11-12,14H2,2-3H3;5-6,12,14,17,22H,1,4,7-11,13H2,2-3H3;4-5,8-9,19,25H,1,3,6-7,10-12H2,2H3,(H,26,29). The van der Waals surface area contributed by atoms with Crippen molar-refractivity contribution in [2.75, 3.05) is 57.2 Å². The number of ether oxygens (including phenoxy) is 1.